The highest BCUT2D eigenvalue weighted by Gasteiger charge is 2.22. The van der Waals surface area contributed by atoms with Gasteiger partial charge < -0.3 is 15.4 Å². The molecule has 0 aliphatic rings. The van der Waals surface area contributed by atoms with Gasteiger partial charge in [0.2, 0.25) is 5.91 Å². The summed E-state index contributed by atoms with van der Waals surface area (Å²) in [5, 5.41) is 6.27. The van der Waals surface area contributed by atoms with Crippen LogP contribution in [0.3, 0.4) is 0 Å². The summed E-state index contributed by atoms with van der Waals surface area (Å²) in [7, 11) is 1.68. The highest BCUT2D eigenvalue weighted by atomic mass is 16.5. The van der Waals surface area contributed by atoms with Crippen LogP contribution in [0.25, 0.3) is 0 Å². The fourth-order valence-electron chi connectivity index (χ4n) is 1.49. The lowest BCUT2D eigenvalue weighted by molar-refractivity contribution is -0.124. The van der Waals surface area contributed by atoms with E-state index in [0.29, 0.717) is 12.5 Å². The molecule has 0 bridgehead atoms. The van der Waals surface area contributed by atoms with Gasteiger partial charge in [-0.25, -0.2) is 0 Å². The van der Waals surface area contributed by atoms with E-state index in [0.717, 1.165) is 0 Å². The summed E-state index contributed by atoms with van der Waals surface area (Å²) in [4.78, 5) is 11.9. The van der Waals surface area contributed by atoms with E-state index in [4.69, 9.17) is 4.74 Å². The molecule has 1 amide bonds. The number of carbonyl (C=O) groups excluding carboxylic acids is 1. The first kappa shape index (κ1) is 16.4. The van der Waals surface area contributed by atoms with Crippen molar-refractivity contribution in [3.8, 4) is 0 Å². The molecule has 0 aromatic rings. The summed E-state index contributed by atoms with van der Waals surface area (Å²) in [6, 6.07) is -0.0162. The van der Waals surface area contributed by atoms with Gasteiger partial charge in [0.15, 0.2) is 0 Å². The highest BCUT2D eigenvalue weighted by molar-refractivity contribution is 5.81. The van der Waals surface area contributed by atoms with Crippen molar-refractivity contribution < 1.29 is 9.53 Å². The van der Waals surface area contributed by atoms with Gasteiger partial charge in [0, 0.05) is 18.7 Å². The monoisotopic (exact) mass is 244 g/mol. The molecule has 0 saturated heterocycles. The van der Waals surface area contributed by atoms with Crippen molar-refractivity contribution in [2.24, 2.45) is 5.92 Å². The van der Waals surface area contributed by atoms with Crippen molar-refractivity contribution in [1.82, 2.24) is 10.6 Å². The van der Waals surface area contributed by atoms with Crippen LogP contribution in [0.4, 0.5) is 0 Å². The molecular formula is C13H28N2O2. The number of ether oxygens (including phenoxy) is 1. The summed E-state index contributed by atoms with van der Waals surface area (Å²) in [6.45, 7) is 12.7. The molecule has 2 unspecified atom stereocenters. The lowest BCUT2D eigenvalue weighted by Crippen LogP contribution is -2.53. The third-order valence-corrected chi connectivity index (χ3v) is 2.51. The molecule has 0 aliphatic heterocycles. The van der Waals surface area contributed by atoms with Crippen LogP contribution in [-0.2, 0) is 9.53 Å². The van der Waals surface area contributed by atoms with E-state index in [1.165, 1.54) is 0 Å². The van der Waals surface area contributed by atoms with Crippen LogP contribution in [0.15, 0.2) is 0 Å². The Bertz CT molecular complexity index is 234. The molecule has 102 valence electrons. The Kier molecular flexibility index (Phi) is 6.72. The Labute approximate surface area is 105 Å². The molecule has 2 atom stereocenters. The van der Waals surface area contributed by atoms with Crippen molar-refractivity contribution in [3.05, 3.63) is 0 Å². The predicted molar refractivity (Wildman–Crippen MR) is 71.0 cm³/mol. The van der Waals surface area contributed by atoms with Gasteiger partial charge in [-0.2, -0.15) is 0 Å². The number of nitrogens with one attached hydrogen (secondary N) is 2. The molecule has 0 fully saturated rings. The van der Waals surface area contributed by atoms with Crippen molar-refractivity contribution in [2.75, 3.05) is 13.7 Å². The zero-order valence-electron chi connectivity index (χ0n) is 12.3. The smallest absolute Gasteiger partial charge is 0.237 e. The number of amides is 1. The van der Waals surface area contributed by atoms with Crippen LogP contribution in [-0.4, -0.2) is 37.2 Å². The van der Waals surface area contributed by atoms with Gasteiger partial charge in [-0.3, -0.25) is 4.79 Å². The third-order valence-electron chi connectivity index (χ3n) is 2.51. The van der Waals surface area contributed by atoms with Crippen molar-refractivity contribution in [2.45, 2.75) is 59.2 Å². The Morgan fingerprint density at radius 2 is 1.76 bits per heavy atom. The van der Waals surface area contributed by atoms with Gasteiger partial charge >= 0.3 is 0 Å². The lowest BCUT2D eigenvalue weighted by Gasteiger charge is -2.28. The molecule has 0 aliphatic carbocycles. The molecule has 4 nitrogen and oxygen atoms in total. The maximum absolute atomic E-state index is 11.9. The van der Waals surface area contributed by atoms with Crippen molar-refractivity contribution >= 4 is 5.91 Å². The first-order valence-corrected chi connectivity index (χ1v) is 6.24. The van der Waals surface area contributed by atoms with Gasteiger partial charge in [-0.15, -0.1) is 0 Å². The molecule has 0 rings (SSSR count). The van der Waals surface area contributed by atoms with Gasteiger partial charge in [-0.1, -0.05) is 13.8 Å². The molecule has 17 heavy (non-hydrogen) atoms. The molecule has 0 saturated carbocycles. The summed E-state index contributed by atoms with van der Waals surface area (Å²) in [5.74, 6) is 0.457. The SMILES string of the molecule is COCC(NC(C)C(=O)NC(C)(C)C)C(C)C. The minimum atomic E-state index is -0.211. The van der Waals surface area contributed by atoms with Crippen molar-refractivity contribution in [1.29, 1.82) is 0 Å². The first-order valence-electron chi connectivity index (χ1n) is 6.24. The van der Waals surface area contributed by atoms with Gasteiger partial charge in [-0.05, 0) is 33.6 Å². The average Bonchev–Trinajstić information content (AvgIpc) is 2.13. The second-order valence-electron chi connectivity index (χ2n) is 5.93. The quantitative estimate of drug-likeness (QED) is 0.745. The maximum Gasteiger partial charge on any atom is 0.237 e. The fourth-order valence-corrected chi connectivity index (χ4v) is 1.49. The Balaban J connectivity index is 4.30. The normalized spacial score (nSPS) is 15.8. The number of hydrogen-bond donors (Lipinski definition) is 2. The van der Waals surface area contributed by atoms with E-state index in [1.807, 2.05) is 27.7 Å². The van der Waals surface area contributed by atoms with Gasteiger partial charge in [0.25, 0.3) is 0 Å². The van der Waals surface area contributed by atoms with E-state index in [1.54, 1.807) is 7.11 Å². The van der Waals surface area contributed by atoms with Crippen LogP contribution in [0.2, 0.25) is 0 Å². The largest absolute Gasteiger partial charge is 0.383 e. The standard InChI is InChI=1S/C13H28N2O2/c1-9(2)11(8-17-7)14-10(3)12(16)15-13(4,5)6/h9-11,14H,8H2,1-7H3,(H,15,16). The number of carbonyl (C=O) groups is 1. The van der Waals surface area contributed by atoms with Crippen LogP contribution < -0.4 is 10.6 Å². The minimum Gasteiger partial charge on any atom is -0.383 e. The number of rotatable bonds is 6. The zero-order chi connectivity index (χ0) is 13.6. The first-order chi connectivity index (χ1) is 7.67. The second kappa shape index (κ2) is 6.97. The molecule has 0 aromatic heterocycles. The highest BCUT2D eigenvalue weighted by Crippen LogP contribution is 2.05. The summed E-state index contributed by atoms with van der Waals surface area (Å²) in [6.07, 6.45) is 0. The van der Waals surface area contributed by atoms with Crippen LogP contribution in [0.5, 0.6) is 0 Å². The van der Waals surface area contributed by atoms with Crippen LogP contribution in [0, 0.1) is 5.92 Å². The van der Waals surface area contributed by atoms with E-state index < -0.39 is 0 Å². The zero-order valence-corrected chi connectivity index (χ0v) is 12.3. The molecule has 0 aromatic carbocycles. The third kappa shape index (κ3) is 7.34. The van der Waals surface area contributed by atoms with E-state index in [9.17, 15) is 4.79 Å². The summed E-state index contributed by atoms with van der Waals surface area (Å²) >= 11 is 0. The van der Waals surface area contributed by atoms with Gasteiger partial charge in [0.05, 0.1) is 12.6 Å². The Hall–Kier alpha value is -0.610. The Morgan fingerprint density at radius 3 is 2.12 bits per heavy atom. The molecular weight excluding hydrogens is 216 g/mol. The number of methoxy groups -OCH3 is 1. The predicted octanol–water partition coefficient (Wildman–Crippen LogP) is 1.55. The summed E-state index contributed by atoms with van der Waals surface area (Å²) < 4.78 is 5.15. The number of hydrogen-bond acceptors (Lipinski definition) is 3. The minimum absolute atomic E-state index is 0.0271. The lowest BCUT2D eigenvalue weighted by atomic mass is 10.0. The van der Waals surface area contributed by atoms with E-state index in [2.05, 4.69) is 24.5 Å². The van der Waals surface area contributed by atoms with E-state index in [-0.39, 0.29) is 23.5 Å². The Morgan fingerprint density at radius 1 is 1.24 bits per heavy atom. The molecule has 0 radical (unpaired) electrons. The fraction of sp³-hybridized carbons (Fsp3) is 0.923. The molecule has 0 heterocycles. The van der Waals surface area contributed by atoms with Gasteiger partial charge in [0.1, 0.15) is 0 Å². The molecule has 0 spiro atoms. The van der Waals surface area contributed by atoms with Crippen molar-refractivity contribution in [3.63, 3.8) is 0 Å². The maximum atomic E-state index is 11.9. The molecule has 2 N–H and O–H groups in total. The second-order valence-corrected chi connectivity index (χ2v) is 5.93. The van der Waals surface area contributed by atoms with E-state index >= 15 is 0 Å². The van der Waals surface area contributed by atoms with Crippen LogP contribution in [0.1, 0.15) is 41.5 Å². The topological polar surface area (TPSA) is 50.4 Å². The average molecular weight is 244 g/mol. The summed E-state index contributed by atoms with van der Waals surface area (Å²) in [5.41, 5.74) is -0.193. The van der Waals surface area contributed by atoms with Crippen LogP contribution >= 0.6 is 0 Å². The molecule has 4 heteroatoms.